The van der Waals surface area contributed by atoms with Crippen LogP contribution in [0.2, 0.25) is 0 Å². The fourth-order valence-corrected chi connectivity index (χ4v) is 6.11. The Labute approximate surface area is 240 Å². The highest BCUT2D eigenvalue weighted by Gasteiger charge is 2.58. The largest absolute Gasteiger partial charge is 0.402 e. The van der Waals surface area contributed by atoms with Crippen molar-refractivity contribution in [3.8, 4) is 0 Å². The summed E-state index contributed by atoms with van der Waals surface area (Å²) >= 11 is 0. The number of hydrogen-bond acceptors (Lipinski definition) is 6. The first kappa shape index (κ1) is 29.9. The van der Waals surface area contributed by atoms with Crippen molar-refractivity contribution >= 4 is 34.4 Å². The minimum atomic E-state index is -0.0650. The molecule has 216 valence electrons. The number of unbranched alkanes of at least 4 members (excludes halogenated alkanes) is 2. The SMILES string of the molecule is CCC(=O)CCCCC[C@H](NC(=O)[C@H]1CC12CCN(C)CC2)C1=NC=C(c2ccc(N=C(C)C=C(C)N)cc2)C1. The molecule has 2 heterocycles. The number of nitrogens with one attached hydrogen (secondary N) is 1. The topological polar surface area (TPSA) is 100 Å². The number of likely N-dealkylation sites (tertiary alicyclic amines) is 1. The van der Waals surface area contributed by atoms with Gasteiger partial charge in [0.15, 0.2) is 0 Å². The monoisotopic (exact) mass is 545 g/mol. The lowest BCUT2D eigenvalue weighted by Gasteiger charge is -2.30. The van der Waals surface area contributed by atoms with E-state index in [1.54, 1.807) is 0 Å². The average Bonchev–Trinajstić information content (AvgIpc) is 3.40. The molecule has 1 aromatic carbocycles. The molecule has 2 atom stereocenters. The summed E-state index contributed by atoms with van der Waals surface area (Å²) in [6.07, 6.45) is 12.8. The lowest BCUT2D eigenvalue weighted by molar-refractivity contribution is -0.123. The van der Waals surface area contributed by atoms with Crippen molar-refractivity contribution in [1.29, 1.82) is 0 Å². The predicted octanol–water partition coefficient (Wildman–Crippen LogP) is 5.97. The number of carbonyl (C=O) groups is 2. The summed E-state index contributed by atoms with van der Waals surface area (Å²) in [5.74, 6) is 0.662. The molecule has 0 radical (unpaired) electrons. The van der Waals surface area contributed by atoms with Gasteiger partial charge in [-0.25, -0.2) is 0 Å². The molecule has 2 fully saturated rings. The van der Waals surface area contributed by atoms with Crippen molar-refractivity contribution in [3.05, 3.63) is 47.8 Å². The number of amides is 1. The van der Waals surface area contributed by atoms with Crippen LogP contribution >= 0.6 is 0 Å². The number of carbonyl (C=O) groups excluding carboxylic acids is 2. The molecule has 0 bridgehead atoms. The molecule has 1 saturated carbocycles. The van der Waals surface area contributed by atoms with E-state index in [0.29, 0.717) is 18.6 Å². The summed E-state index contributed by atoms with van der Waals surface area (Å²) < 4.78 is 0. The normalized spacial score (nSPS) is 21.6. The van der Waals surface area contributed by atoms with Crippen molar-refractivity contribution in [2.75, 3.05) is 20.1 Å². The molecule has 0 unspecified atom stereocenters. The quantitative estimate of drug-likeness (QED) is 0.235. The molecule has 2 aliphatic heterocycles. The van der Waals surface area contributed by atoms with E-state index in [2.05, 4.69) is 34.4 Å². The van der Waals surface area contributed by atoms with Crippen LogP contribution in [0.5, 0.6) is 0 Å². The maximum Gasteiger partial charge on any atom is 0.224 e. The van der Waals surface area contributed by atoms with Crippen molar-refractivity contribution in [1.82, 2.24) is 10.2 Å². The maximum absolute atomic E-state index is 13.4. The zero-order valence-electron chi connectivity index (χ0n) is 24.8. The number of benzene rings is 1. The van der Waals surface area contributed by atoms with Gasteiger partial charge >= 0.3 is 0 Å². The van der Waals surface area contributed by atoms with Crippen molar-refractivity contribution in [3.63, 3.8) is 0 Å². The van der Waals surface area contributed by atoms with Crippen LogP contribution in [0.4, 0.5) is 5.69 Å². The Kier molecular flexibility index (Phi) is 10.1. The van der Waals surface area contributed by atoms with Gasteiger partial charge in [0.05, 0.1) is 11.7 Å². The first-order chi connectivity index (χ1) is 19.2. The molecule has 1 aliphatic carbocycles. The van der Waals surface area contributed by atoms with Crippen LogP contribution in [0.25, 0.3) is 5.57 Å². The van der Waals surface area contributed by atoms with Crippen molar-refractivity contribution < 1.29 is 9.59 Å². The van der Waals surface area contributed by atoms with Gasteiger partial charge in [-0.2, -0.15) is 0 Å². The highest BCUT2D eigenvalue weighted by molar-refractivity contribution is 6.03. The van der Waals surface area contributed by atoms with Gasteiger partial charge in [0.1, 0.15) is 5.78 Å². The van der Waals surface area contributed by atoms with Gasteiger partial charge in [0, 0.05) is 48.5 Å². The van der Waals surface area contributed by atoms with Crippen LogP contribution in [0, 0.1) is 11.3 Å². The maximum atomic E-state index is 13.4. The molecule has 3 N–H and O–H groups in total. The van der Waals surface area contributed by atoms with E-state index in [1.807, 2.05) is 45.2 Å². The molecule has 1 spiro atoms. The number of piperidine rings is 1. The first-order valence-electron chi connectivity index (χ1n) is 15.0. The van der Waals surface area contributed by atoms with Crippen LogP contribution in [0.15, 0.2) is 52.2 Å². The summed E-state index contributed by atoms with van der Waals surface area (Å²) in [5, 5.41) is 3.42. The molecular formula is C33H47N5O2. The predicted molar refractivity (Wildman–Crippen MR) is 165 cm³/mol. The molecule has 1 saturated heterocycles. The van der Waals surface area contributed by atoms with Gasteiger partial charge in [0.2, 0.25) is 5.91 Å². The molecule has 1 aromatic rings. The van der Waals surface area contributed by atoms with Crippen molar-refractivity contribution in [2.45, 2.75) is 91.0 Å². The zero-order chi connectivity index (χ0) is 28.7. The third kappa shape index (κ3) is 8.00. The van der Waals surface area contributed by atoms with E-state index in [0.717, 1.165) is 98.4 Å². The lowest BCUT2D eigenvalue weighted by Crippen LogP contribution is -2.42. The third-order valence-electron chi connectivity index (χ3n) is 8.79. The molecule has 4 rings (SSSR count). The van der Waals surface area contributed by atoms with Crippen LogP contribution in [0.3, 0.4) is 0 Å². The van der Waals surface area contributed by atoms with Crippen LogP contribution in [0.1, 0.15) is 90.5 Å². The van der Waals surface area contributed by atoms with E-state index < -0.39 is 0 Å². The Bertz CT molecular complexity index is 1180. The number of rotatable bonds is 13. The molecule has 1 amide bonds. The van der Waals surface area contributed by atoms with Crippen LogP contribution in [-0.2, 0) is 9.59 Å². The number of Topliss-reactive ketones (excluding diaryl/α,β-unsaturated/α-hetero) is 1. The molecule has 0 aromatic heterocycles. The van der Waals surface area contributed by atoms with E-state index in [-0.39, 0.29) is 23.3 Å². The average molecular weight is 546 g/mol. The van der Waals surface area contributed by atoms with Crippen LogP contribution < -0.4 is 11.1 Å². The standard InChI is InChI=1S/C33H47N5O2/c1-5-28(39)9-7-6-8-10-30(37-32(40)29-21-33(29)15-17-38(4)18-16-33)31-20-26(22-35-31)25-11-13-27(14-12-25)36-24(3)19-23(2)34/h11-14,19,22,29-30H,5-10,15-18,20-21,34H2,1-4H3,(H,37,40)/t29-,30+/m1/s1. The summed E-state index contributed by atoms with van der Waals surface area (Å²) in [7, 11) is 2.17. The second-order valence-corrected chi connectivity index (χ2v) is 12.1. The summed E-state index contributed by atoms with van der Waals surface area (Å²) in [5.41, 5.74) is 11.8. The van der Waals surface area contributed by atoms with Crippen molar-refractivity contribution in [2.24, 2.45) is 27.1 Å². The van der Waals surface area contributed by atoms with Gasteiger partial charge in [-0.05, 0) is 101 Å². The van der Waals surface area contributed by atoms with Crippen LogP contribution in [-0.4, -0.2) is 54.2 Å². The van der Waals surface area contributed by atoms with Gasteiger partial charge in [-0.15, -0.1) is 0 Å². The number of ketones is 1. The lowest BCUT2D eigenvalue weighted by atomic mass is 9.90. The second-order valence-electron chi connectivity index (χ2n) is 12.1. The van der Waals surface area contributed by atoms with Gasteiger partial charge < -0.3 is 16.0 Å². The number of aliphatic imine (C=N–C) groups is 2. The Balaban J connectivity index is 1.36. The Hall–Kier alpha value is -3.06. The Morgan fingerprint density at radius 2 is 1.90 bits per heavy atom. The van der Waals surface area contributed by atoms with E-state index in [9.17, 15) is 9.59 Å². The first-order valence-corrected chi connectivity index (χ1v) is 15.0. The number of allylic oxidation sites excluding steroid dienone is 3. The number of nitrogens with two attached hydrogens (primary N) is 1. The number of hydrogen-bond donors (Lipinski definition) is 2. The summed E-state index contributed by atoms with van der Waals surface area (Å²) in [6, 6.07) is 8.14. The highest BCUT2D eigenvalue weighted by atomic mass is 16.2. The third-order valence-corrected chi connectivity index (χ3v) is 8.79. The van der Waals surface area contributed by atoms with E-state index >= 15 is 0 Å². The van der Waals surface area contributed by atoms with E-state index in [4.69, 9.17) is 10.7 Å². The Morgan fingerprint density at radius 1 is 1.18 bits per heavy atom. The van der Waals surface area contributed by atoms with Gasteiger partial charge in [0.25, 0.3) is 0 Å². The highest BCUT2D eigenvalue weighted by Crippen LogP contribution is 2.59. The zero-order valence-corrected chi connectivity index (χ0v) is 24.8. The Morgan fingerprint density at radius 3 is 2.58 bits per heavy atom. The van der Waals surface area contributed by atoms with Gasteiger partial charge in [-0.1, -0.05) is 31.9 Å². The summed E-state index contributed by atoms with van der Waals surface area (Å²) in [6.45, 7) is 7.88. The fourth-order valence-electron chi connectivity index (χ4n) is 6.11. The molecule has 7 nitrogen and oxygen atoms in total. The minimum Gasteiger partial charge on any atom is -0.402 e. The number of nitrogens with zero attached hydrogens (tertiary/aromatic N) is 3. The smallest absolute Gasteiger partial charge is 0.224 e. The van der Waals surface area contributed by atoms with E-state index in [1.165, 1.54) is 0 Å². The minimum absolute atomic E-state index is 0.0650. The summed E-state index contributed by atoms with van der Waals surface area (Å²) in [4.78, 5) is 36.9. The molecule has 7 heteroatoms. The second kappa shape index (κ2) is 13.5. The van der Waals surface area contributed by atoms with Gasteiger partial charge in [-0.3, -0.25) is 19.6 Å². The molecular weight excluding hydrogens is 498 g/mol. The fraction of sp³-hybridized carbons (Fsp3) is 0.576. The molecule has 3 aliphatic rings. The molecule has 40 heavy (non-hydrogen) atoms.